The van der Waals surface area contributed by atoms with E-state index in [0.29, 0.717) is 5.69 Å². The van der Waals surface area contributed by atoms with Crippen LogP contribution in [0.15, 0.2) is 42.5 Å². The zero-order chi connectivity index (χ0) is 17.0. The third-order valence-corrected chi connectivity index (χ3v) is 3.60. The first kappa shape index (κ1) is 16.5. The van der Waals surface area contributed by atoms with Crippen LogP contribution < -0.4 is 15.4 Å². The van der Waals surface area contributed by atoms with Gasteiger partial charge in [0.05, 0.1) is 5.69 Å². The van der Waals surface area contributed by atoms with Crippen LogP contribution in [-0.4, -0.2) is 18.9 Å². The van der Waals surface area contributed by atoms with Crippen molar-refractivity contribution < 1.29 is 14.3 Å². The Bertz CT molecular complexity index is 741. The first-order valence-electron chi connectivity index (χ1n) is 7.25. The molecule has 0 aliphatic carbocycles. The standard InChI is InChI=1S/C18H20N2O3/c1-12-8-9-13(2)16(10-12)23-11-14-6-4-5-7-15(14)20(3)18(22)17(19)21/h4-10H,11H2,1-3H3,(H2,19,21). The molecule has 0 aromatic heterocycles. The summed E-state index contributed by atoms with van der Waals surface area (Å²) < 4.78 is 5.88. The molecule has 0 saturated heterocycles. The smallest absolute Gasteiger partial charge is 0.315 e. The van der Waals surface area contributed by atoms with E-state index in [-0.39, 0.29) is 6.61 Å². The molecule has 0 bridgehead atoms. The van der Waals surface area contributed by atoms with Gasteiger partial charge in [0.25, 0.3) is 0 Å². The summed E-state index contributed by atoms with van der Waals surface area (Å²) in [7, 11) is 1.52. The van der Waals surface area contributed by atoms with Crippen LogP contribution in [0.25, 0.3) is 0 Å². The Labute approximate surface area is 135 Å². The summed E-state index contributed by atoms with van der Waals surface area (Å²) in [6, 6.07) is 13.2. The number of hydrogen-bond acceptors (Lipinski definition) is 3. The van der Waals surface area contributed by atoms with Gasteiger partial charge >= 0.3 is 11.8 Å². The number of para-hydroxylation sites is 1. The number of hydrogen-bond donors (Lipinski definition) is 1. The van der Waals surface area contributed by atoms with E-state index in [1.54, 1.807) is 12.1 Å². The molecule has 0 fully saturated rings. The van der Waals surface area contributed by atoms with Crippen molar-refractivity contribution in [3.05, 3.63) is 59.2 Å². The molecule has 0 radical (unpaired) electrons. The normalized spacial score (nSPS) is 10.2. The van der Waals surface area contributed by atoms with Crippen molar-refractivity contribution in [2.24, 2.45) is 5.73 Å². The number of aryl methyl sites for hydroxylation is 2. The summed E-state index contributed by atoms with van der Waals surface area (Å²) in [4.78, 5) is 24.1. The number of carbonyl (C=O) groups is 2. The second kappa shape index (κ2) is 6.96. The summed E-state index contributed by atoms with van der Waals surface area (Å²) >= 11 is 0. The number of amides is 2. The van der Waals surface area contributed by atoms with E-state index in [4.69, 9.17) is 10.5 Å². The lowest BCUT2D eigenvalue weighted by Gasteiger charge is -2.20. The largest absolute Gasteiger partial charge is 0.489 e. The Balaban J connectivity index is 2.22. The van der Waals surface area contributed by atoms with Crippen molar-refractivity contribution in [1.29, 1.82) is 0 Å². The van der Waals surface area contributed by atoms with Gasteiger partial charge in [0.15, 0.2) is 0 Å². The van der Waals surface area contributed by atoms with Gasteiger partial charge < -0.3 is 15.4 Å². The summed E-state index contributed by atoms with van der Waals surface area (Å²) in [6.45, 7) is 4.26. The molecule has 120 valence electrons. The first-order chi connectivity index (χ1) is 10.9. The molecule has 2 aromatic rings. The van der Waals surface area contributed by atoms with Gasteiger partial charge in [0.2, 0.25) is 0 Å². The van der Waals surface area contributed by atoms with E-state index < -0.39 is 11.8 Å². The Kier molecular flexibility index (Phi) is 5.01. The van der Waals surface area contributed by atoms with E-state index in [9.17, 15) is 9.59 Å². The molecule has 0 heterocycles. The molecule has 2 rings (SSSR count). The van der Waals surface area contributed by atoms with E-state index in [1.807, 2.05) is 44.2 Å². The number of likely N-dealkylation sites (N-methyl/N-ethyl adjacent to an activating group) is 1. The van der Waals surface area contributed by atoms with Crippen molar-refractivity contribution in [3.8, 4) is 5.75 Å². The maximum Gasteiger partial charge on any atom is 0.315 e. The second-order valence-corrected chi connectivity index (χ2v) is 5.41. The van der Waals surface area contributed by atoms with Crippen LogP contribution in [0.4, 0.5) is 5.69 Å². The number of rotatable bonds is 4. The van der Waals surface area contributed by atoms with Crippen molar-refractivity contribution >= 4 is 17.5 Å². The monoisotopic (exact) mass is 312 g/mol. The molecule has 5 nitrogen and oxygen atoms in total. The predicted molar refractivity (Wildman–Crippen MR) is 89.3 cm³/mol. The number of benzene rings is 2. The fraction of sp³-hybridized carbons (Fsp3) is 0.222. The van der Waals surface area contributed by atoms with Gasteiger partial charge in [0, 0.05) is 12.6 Å². The molecule has 2 aromatic carbocycles. The highest BCUT2D eigenvalue weighted by molar-refractivity contribution is 6.39. The molecule has 0 spiro atoms. The van der Waals surface area contributed by atoms with Crippen LogP contribution in [0.3, 0.4) is 0 Å². The number of primary amides is 1. The van der Waals surface area contributed by atoms with Crippen LogP contribution in [0, 0.1) is 13.8 Å². The average molecular weight is 312 g/mol. The number of ether oxygens (including phenoxy) is 1. The summed E-state index contributed by atoms with van der Waals surface area (Å²) in [6.07, 6.45) is 0. The van der Waals surface area contributed by atoms with Crippen LogP contribution >= 0.6 is 0 Å². The number of nitrogens with zero attached hydrogens (tertiary/aromatic N) is 1. The van der Waals surface area contributed by atoms with Crippen LogP contribution in [0.1, 0.15) is 16.7 Å². The fourth-order valence-corrected chi connectivity index (χ4v) is 2.25. The van der Waals surface area contributed by atoms with Gasteiger partial charge in [-0.05, 0) is 37.1 Å². The zero-order valence-corrected chi connectivity index (χ0v) is 13.5. The number of carbonyl (C=O) groups excluding carboxylic acids is 2. The molecule has 5 heteroatoms. The Hall–Kier alpha value is -2.82. The van der Waals surface area contributed by atoms with Crippen LogP contribution in [0.5, 0.6) is 5.75 Å². The van der Waals surface area contributed by atoms with E-state index in [0.717, 1.165) is 22.4 Å². The summed E-state index contributed by atoms with van der Waals surface area (Å²) in [5.74, 6) is -0.953. The van der Waals surface area contributed by atoms with Gasteiger partial charge in [-0.25, -0.2) is 0 Å². The second-order valence-electron chi connectivity index (χ2n) is 5.41. The minimum atomic E-state index is -0.988. The Morgan fingerprint density at radius 1 is 1.13 bits per heavy atom. The SMILES string of the molecule is Cc1ccc(C)c(OCc2ccccc2N(C)C(=O)C(N)=O)c1. The lowest BCUT2D eigenvalue weighted by atomic mass is 10.1. The lowest BCUT2D eigenvalue weighted by molar-refractivity contribution is -0.135. The maximum atomic E-state index is 11.8. The first-order valence-corrected chi connectivity index (χ1v) is 7.25. The van der Waals surface area contributed by atoms with Gasteiger partial charge in [-0.2, -0.15) is 0 Å². The fourth-order valence-electron chi connectivity index (χ4n) is 2.25. The van der Waals surface area contributed by atoms with Crippen molar-refractivity contribution in [2.45, 2.75) is 20.5 Å². The van der Waals surface area contributed by atoms with Crippen LogP contribution in [-0.2, 0) is 16.2 Å². The minimum Gasteiger partial charge on any atom is -0.489 e. The van der Waals surface area contributed by atoms with Gasteiger partial charge in [0.1, 0.15) is 12.4 Å². The summed E-state index contributed by atoms with van der Waals surface area (Å²) in [5.41, 5.74) is 8.61. The molecule has 2 amide bonds. The van der Waals surface area contributed by atoms with E-state index in [1.165, 1.54) is 11.9 Å². The predicted octanol–water partition coefficient (Wildman–Crippen LogP) is 2.33. The number of anilines is 1. The Morgan fingerprint density at radius 3 is 2.52 bits per heavy atom. The maximum absolute atomic E-state index is 11.8. The highest BCUT2D eigenvalue weighted by Gasteiger charge is 2.19. The molecule has 2 N–H and O–H groups in total. The van der Waals surface area contributed by atoms with Crippen molar-refractivity contribution in [3.63, 3.8) is 0 Å². The van der Waals surface area contributed by atoms with Gasteiger partial charge in [-0.15, -0.1) is 0 Å². The lowest BCUT2D eigenvalue weighted by Crippen LogP contribution is -2.38. The molecule has 0 aliphatic rings. The van der Waals surface area contributed by atoms with Gasteiger partial charge in [-0.3, -0.25) is 9.59 Å². The molecule has 0 atom stereocenters. The molecule has 0 unspecified atom stereocenters. The molecular formula is C18H20N2O3. The average Bonchev–Trinajstić information content (AvgIpc) is 2.54. The molecule has 0 saturated carbocycles. The topological polar surface area (TPSA) is 72.6 Å². The molecule has 0 aliphatic heterocycles. The molecular weight excluding hydrogens is 292 g/mol. The van der Waals surface area contributed by atoms with Crippen molar-refractivity contribution in [1.82, 2.24) is 0 Å². The highest BCUT2D eigenvalue weighted by atomic mass is 16.5. The zero-order valence-electron chi connectivity index (χ0n) is 13.5. The third-order valence-electron chi connectivity index (χ3n) is 3.60. The van der Waals surface area contributed by atoms with Gasteiger partial charge in [-0.1, -0.05) is 30.3 Å². The quantitative estimate of drug-likeness (QED) is 0.881. The van der Waals surface area contributed by atoms with E-state index in [2.05, 4.69) is 0 Å². The molecule has 23 heavy (non-hydrogen) atoms. The van der Waals surface area contributed by atoms with Crippen molar-refractivity contribution in [2.75, 3.05) is 11.9 Å². The van der Waals surface area contributed by atoms with Crippen LogP contribution in [0.2, 0.25) is 0 Å². The third kappa shape index (κ3) is 3.88. The summed E-state index contributed by atoms with van der Waals surface area (Å²) in [5, 5.41) is 0. The highest BCUT2D eigenvalue weighted by Crippen LogP contribution is 2.24. The minimum absolute atomic E-state index is 0.289. The van der Waals surface area contributed by atoms with E-state index >= 15 is 0 Å². The number of nitrogens with two attached hydrogens (primary N) is 1. The Morgan fingerprint density at radius 2 is 1.83 bits per heavy atom.